The van der Waals surface area contributed by atoms with Crippen molar-refractivity contribution in [3.05, 3.63) is 17.9 Å². The smallest absolute Gasteiger partial charge is 0.274 e. The van der Waals surface area contributed by atoms with Gasteiger partial charge in [-0.15, -0.1) is 0 Å². The highest BCUT2D eigenvalue weighted by Crippen LogP contribution is 2.15. The SMILES string of the molecule is CCNCc1ccc(S(=O)(=O)NC(C)C(C)CO)o1. The molecular formula is C12H22N2O4S. The van der Waals surface area contributed by atoms with Crippen molar-refractivity contribution in [3.8, 4) is 0 Å². The molecule has 1 rings (SSSR count). The molecule has 0 fully saturated rings. The van der Waals surface area contributed by atoms with Gasteiger partial charge >= 0.3 is 0 Å². The fourth-order valence-electron chi connectivity index (χ4n) is 1.42. The van der Waals surface area contributed by atoms with Gasteiger partial charge in [0.05, 0.1) is 6.54 Å². The van der Waals surface area contributed by atoms with Crippen LogP contribution in [0.2, 0.25) is 0 Å². The van der Waals surface area contributed by atoms with Gasteiger partial charge in [0.25, 0.3) is 10.0 Å². The molecule has 0 aromatic carbocycles. The predicted molar refractivity (Wildman–Crippen MR) is 72.1 cm³/mol. The molecular weight excluding hydrogens is 268 g/mol. The lowest BCUT2D eigenvalue weighted by Crippen LogP contribution is -2.38. The first-order chi connectivity index (χ1) is 8.90. The van der Waals surface area contributed by atoms with Crippen molar-refractivity contribution < 1.29 is 17.9 Å². The topological polar surface area (TPSA) is 91.6 Å². The summed E-state index contributed by atoms with van der Waals surface area (Å²) in [5.41, 5.74) is 0. The van der Waals surface area contributed by atoms with E-state index in [-0.39, 0.29) is 23.7 Å². The summed E-state index contributed by atoms with van der Waals surface area (Å²) in [5, 5.41) is 12.0. The Kier molecular flexibility index (Phi) is 5.99. The van der Waals surface area contributed by atoms with Gasteiger partial charge in [0.15, 0.2) is 0 Å². The lowest BCUT2D eigenvalue weighted by Gasteiger charge is -2.18. The Balaban J connectivity index is 2.74. The maximum atomic E-state index is 12.0. The number of furan rings is 1. The molecule has 0 spiro atoms. The monoisotopic (exact) mass is 290 g/mol. The number of aliphatic hydroxyl groups is 1. The summed E-state index contributed by atoms with van der Waals surface area (Å²) in [4.78, 5) is 0. The minimum absolute atomic E-state index is 0.0759. The zero-order chi connectivity index (χ0) is 14.5. The summed E-state index contributed by atoms with van der Waals surface area (Å²) in [6.07, 6.45) is 0. The van der Waals surface area contributed by atoms with Crippen molar-refractivity contribution in [3.63, 3.8) is 0 Å². The van der Waals surface area contributed by atoms with Crippen molar-refractivity contribution in [1.82, 2.24) is 10.0 Å². The second-order valence-corrected chi connectivity index (χ2v) is 6.22. The van der Waals surface area contributed by atoms with E-state index < -0.39 is 10.0 Å². The van der Waals surface area contributed by atoms with Gasteiger partial charge < -0.3 is 14.8 Å². The van der Waals surface area contributed by atoms with E-state index in [2.05, 4.69) is 10.0 Å². The van der Waals surface area contributed by atoms with Gasteiger partial charge in [-0.1, -0.05) is 13.8 Å². The summed E-state index contributed by atoms with van der Waals surface area (Å²) < 4.78 is 31.9. The van der Waals surface area contributed by atoms with Gasteiger partial charge in [-0.2, -0.15) is 0 Å². The van der Waals surface area contributed by atoms with Crippen molar-refractivity contribution in [2.45, 2.75) is 38.5 Å². The molecule has 0 radical (unpaired) electrons. The van der Waals surface area contributed by atoms with Gasteiger partial charge in [-0.25, -0.2) is 13.1 Å². The number of hydrogen-bond donors (Lipinski definition) is 3. The summed E-state index contributed by atoms with van der Waals surface area (Å²) in [7, 11) is -3.67. The Labute approximate surface area is 114 Å². The summed E-state index contributed by atoms with van der Waals surface area (Å²) in [6.45, 7) is 6.64. The van der Waals surface area contributed by atoms with Crippen LogP contribution in [-0.2, 0) is 16.6 Å². The Morgan fingerprint density at radius 3 is 2.63 bits per heavy atom. The standard InChI is InChI=1S/C12H22N2O4S/c1-4-13-7-11-5-6-12(18-11)19(16,17)14-10(3)9(2)8-15/h5-6,9-10,13-15H,4,7-8H2,1-3H3. The van der Waals surface area contributed by atoms with Crippen LogP contribution < -0.4 is 10.0 Å². The zero-order valence-electron chi connectivity index (χ0n) is 11.5. The molecule has 19 heavy (non-hydrogen) atoms. The fourth-order valence-corrected chi connectivity index (χ4v) is 2.72. The molecule has 0 aliphatic rings. The van der Waals surface area contributed by atoms with Crippen LogP contribution in [0.5, 0.6) is 0 Å². The molecule has 0 saturated carbocycles. The van der Waals surface area contributed by atoms with Crippen LogP contribution in [0.1, 0.15) is 26.5 Å². The summed E-state index contributed by atoms with van der Waals surface area (Å²) in [5.74, 6) is 0.413. The molecule has 0 saturated heterocycles. The van der Waals surface area contributed by atoms with E-state index >= 15 is 0 Å². The van der Waals surface area contributed by atoms with Gasteiger partial charge in [0.2, 0.25) is 5.09 Å². The molecule has 0 bridgehead atoms. The van der Waals surface area contributed by atoms with Crippen molar-refractivity contribution in [1.29, 1.82) is 0 Å². The number of rotatable bonds is 8. The van der Waals surface area contributed by atoms with E-state index in [4.69, 9.17) is 9.52 Å². The van der Waals surface area contributed by atoms with Crippen molar-refractivity contribution >= 4 is 10.0 Å². The molecule has 2 unspecified atom stereocenters. The third-order valence-corrected chi connectivity index (χ3v) is 4.36. The highest BCUT2D eigenvalue weighted by atomic mass is 32.2. The lowest BCUT2D eigenvalue weighted by atomic mass is 10.1. The highest BCUT2D eigenvalue weighted by molar-refractivity contribution is 7.89. The van der Waals surface area contributed by atoms with Crippen molar-refractivity contribution in [2.24, 2.45) is 5.92 Å². The molecule has 7 heteroatoms. The maximum absolute atomic E-state index is 12.0. The molecule has 0 aliphatic heterocycles. The maximum Gasteiger partial charge on any atom is 0.274 e. The second kappa shape index (κ2) is 7.04. The largest absolute Gasteiger partial charge is 0.447 e. The van der Waals surface area contributed by atoms with Crippen LogP contribution in [0, 0.1) is 5.92 Å². The second-order valence-electron chi connectivity index (χ2n) is 4.57. The van der Waals surface area contributed by atoms with Crippen LogP contribution in [0.15, 0.2) is 21.6 Å². The van der Waals surface area contributed by atoms with Gasteiger partial charge in [0, 0.05) is 12.6 Å². The third-order valence-electron chi connectivity index (χ3n) is 2.93. The molecule has 2 atom stereocenters. The molecule has 1 aromatic heterocycles. The van der Waals surface area contributed by atoms with Crippen LogP contribution >= 0.6 is 0 Å². The molecule has 1 heterocycles. The normalized spacial score (nSPS) is 15.4. The van der Waals surface area contributed by atoms with Crippen LogP contribution in [0.25, 0.3) is 0 Å². The Morgan fingerprint density at radius 2 is 2.05 bits per heavy atom. The summed E-state index contributed by atoms with van der Waals surface area (Å²) >= 11 is 0. The third kappa shape index (κ3) is 4.61. The Hall–Kier alpha value is -0.890. The minimum Gasteiger partial charge on any atom is -0.447 e. The number of aliphatic hydroxyl groups excluding tert-OH is 1. The number of hydrogen-bond acceptors (Lipinski definition) is 5. The predicted octanol–water partition coefficient (Wildman–Crippen LogP) is 0.684. The molecule has 0 amide bonds. The number of sulfonamides is 1. The van der Waals surface area contributed by atoms with Gasteiger partial charge in [-0.3, -0.25) is 0 Å². The quantitative estimate of drug-likeness (QED) is 0.655. The fraction of sp³-hybridized carbons (Fsp3) is 0.667. The first kappa shape index (κ1) is 16.2. The molecule has 110 valence electrons. The van der Waals surface area contributed by atoms with Crippen LogP contribution in [0.4, 0.5) is 0 Å². The van der Waals surface area contributed by atoms with E-state index in [1.54, 1.807) is 19.9 Å². The highest BCUT2D eigenvalue weighted by Gasteiger charge is 2.23. The van der Waals surface area contributed by atoms with Crippen LogP contribution in [0.3, 0.4) is 0 Å². The van der Waals surface area contributed by atoms with E-state index in [1.165, 1.54) is 6.07 Å². The Bertz CT molecular complexity index is 484. The molecule has 3 N–H and O–H groups in total. The summed E-state index contributed by atoms with van der Waals surface area (Å²) in [6, 6.07) is 2.71. The number of nitrogens with one attached hydrogen (secondary N) is 2. The van der Waals surface area contributed by atoms with E-state index in [0.29, 0.717) is 12.3 Å². The van der Waals surface area contributed by atoms with E-state index in [1.807, 2.05) is 6.92 Å². The van der Waals surface area contributed by atoms with Gasteiger partial charge in [0.1, 0.15) is 5.76 Å². The molecule has 6 nitrogen and oxygen atoms in total. The van der Waals surface area contributed by atoms with E-state index in [9.17, 15) is 8.42 Å². The lowest BCUT2D eigenvalue weighted by molar-refractivity contribution is 0.216. The first-order valence-electron chi connectivity index (χ1n) is 6.33. The average Bonchev–Trinajstić information content (AvgIpc) is 2.84. The van der Waals surface area contributed by atoms with Gasteiger partial charge in [-0.05, 0) is 31.5 Å². The Morgan fingerprint density at radius 1 is 1.37 bits per heavy atom. The molecule has 1 aromatic rings. The average molecular weight is 290 g/mol. The minimum atomic E-state index is -3.67. The first-order valence-corrected chi connectivity index (χ1v) is 7.81. The molecule has 0 aliphatic carbocycles. The van der Waals surface area contributed by atoms with Crippen LogP contribution in [-0.4, -0.2) is 32.7 Å². The zero-order valence-corrected chi connectivity index (χ0v) is 12.3. The van der Waals surface area contributed by atoms with E-state index in [0.717, 1.165) is 6.54 Å². The van der Waals surface area contributed by atoms with Crippen molar-refractivity contribution in [2.75, 3.05) is 13.2 Å².